The third-order valence-electron chi connectivity index (χ3n) is 3.06. The average molecular weight is 259 g/mol. The molecule has 0 aliphatic carbocycles. The van der Waals surface area contributed by atoms with E-state index in [1.807, 2.05) is 11.3 Å². The molecule has 1 aromatic carbocycles. The quantitative estimate of drug-likeness (QED) is 0.821. The summed E-state index contributed by atoms with van der Waals surface area (Å²) in [6.07, 6.45) is 3.44. The molecule has 0 saturated carbocycles. The van der Waals surface area contributed by atoms with E-state index in [9.17, 15) is 0 Å². The molecule has 1 aromatic heterocycles. The molecule has 0 fully saturated rings. The molecule has 1 N–H and O–H groups in total. The monoisotopic (exact) mass is 259 g/mol. The van der Waals surface area contributed by atoms with Gasteiger partial charge in [-0.3, -0.25) is 0 Å². The van der Waals surface area contributed by atoms with Gasteiger partial charge in [0.1, 0.15) is 0 Å². The van der Waals surface area contributed by atoms with Crippen molar-refractivity contribution in [3.8, 4) is 0 Å². The van der Waals surface area contributed by atoms with E-state index >= 15 is 0 Å². The Balaban J connectivity index is 2.24. The smallest absolute Gasteiger partial charge is 0.0348 e. The standard InChI is InChI=1S/C16H21NS/c1-4-13(10-17-12(2)3)9-14-11-18-16-8-6-5-7-15(14)16/h5-9,11-12,17H,4,10H2,1-3H3. The summed E-state index contributed by atoms with van der Waals surface area (Å²) in [6, 6.07) is 9.16. The minimum Gasteiger partial charge on any atom is -0.311 e. The van der Waals surface area contributed by atoms with Gasteiger partial charge in [0.05, 0.1) is 0 Å². The Morgan fingerprint density at radius 3 is 2.83 bits per heavy atom. The number of hydrogen-bond acceptors (Lipinski definition) is 2. The first-order chi connectivity index (χ1) is 8.70. The highest BCUT2D eigenvalue weighted by molar-refractivity contribution is 7.17. The first-order valence-electron chi connectivity index (χ1n) is 6.59. The molecule has 96 valence electrons. The van der Waals surface area contributed by atoms with Crippen LogP contribution in [0.15, 0.2) is 35.2 Å². The molecule has 1 heterocycles. The van der Waals surface area contributed by atoms with Gasteiger partial charge in [0.25, 0.3) is 0 Å². The van der Waals surface area contributed by atoms with Crippen LogP contribution < -0.4 is 5.32 Å². The summed E-state index contributed by atoms with van der Waals surface area (Å²) < 4.78 is 1.37. The van der Waals surface area contributed by atoms with Gasteiger partial charge in [-0.1, -0.05) is 50.6 Å². The SMILES string of the molecule is CCC(=Cc1csc2ccccc12)CNC(C)C. The fourth-order valence-corrected chi connectivity index (χ4v) is 2.86. The maximum Gasteiger partial charge on any atom is 0.0348 e. The van der Waals surface area contributed by atoms with Gasteiger partial charge in [0, 0.05) is 17.3 Å². The predicted octanol–water partition coefficient (Wildman–Crippen LogP) is 4.69. The van der Waals surface area contributed by atoms with Crippen molar-refractivity contribution in [2.75, 3.05) is 6.54 Å². The summed E-state index contributed by atoms with van der Waals surface area (Å²) in [7, 11) is 0. The first-order valence-corrected chi connectivity index (χ1v) is 7.47. The molecule has 0 spiro atoms. The topological polar surface area (TPSA) is 12.0 Å². The van der Waals surface area contributed by atoms with E-state index in [-0.39, 0.29) is 0 Å². The van der Waals surface area contributed by atoms with Crippen LogP contribution in [0.5, 0.6) is 0 Å². The zero-order valence-corrected chi connectivity index (χ0v) is 12.2. The summed E-state index contributed by atoms with van der Waals surface area (Å²) in [5, 5.41) is 7.12. The van der Waals surface area contributed by atoms with Crippen LogP contribution in [-0.2, 0) is 0 Å². The largest absolute Gasteiger partial charge is 0.311 e. The molecule has 0 saturated heterocycles. The zero-order chi connectivity index (χ0) is 13.0. The molecular weight excluding hydrogens is 238 g/mol. The maximum atomic E-state index is 3.49. The molecule has 0 unspecified atom stereocenters. The molecule has 0 aliphatic rings. The second-order valence-corrected chi connectivity index (χ2v) is 5.79. The lowest BCUT2D eigenvalue weighted by atomic mass is 10.1. The highest BCUT2D eigenvalue weighted by atomic mass is 32.1. The van der Waals surface area contributed by atoms with Crippen molar-refractivity contribution in [1.82, 2.24) is 5.32 Å². The van der Waals surface area contributed by atoms with E-state index in [1.165, 1.54) is 21.2 Å². The Labute approximate surface area is 114 Å². The highest BCUT2D eigenvalue weighted by Gasteiger charge is 2.03. The Morgan fingerprint density at radius 2 is 2.11 bits per heavy atom. The summed E-state index contributed by atoms with van der Waals surface area (Å²) in [5.41, 5.74) is 2.82. The van der Waals surface area contributed by atoms with Gasteiger partial charge in [-0.05, 0) is 28.8 Å². The molecular formula is C16H21NS. The van der Waals surface area contributed by atoms with Crippen LogP contribution >= 0.6 is 11.3 Å². The summed E-state index contributed by atoms with van der Waals surface area (Å²) >= 11 is 1.83. The minimum atomic E-state index is 0.541. The summed E-state index contributed by atoms with van der Waals surface area (Å²) in [4.78, 5) is 0. The van der Waals surface area contributed by atoms with E-state index in [0.29, 0.717) is 6.04 Å². The van der Waals surface area contributed by atoms with E-state index in [0.717, 1.165) is 13.0 Å². The number of nitrogens with one attached hydrogen (secondary N) is 1. The number of benzene rings is 1. The maximum absolute atomic E-state index is 3.49. The van der Waals surface area contributed by atoms with E-state index in [4.69, 9.17) is 0 Å². The normalized spacial score (nSPS) is 12.6. The number of hydrogen-bond donors (Lipinski definition) is 1. The molecule has 0 bridgehead atoms. The van der Waals surface area contributed by atoms with Crippen LogP contribution in [0.2, 0.25) is 0 Å². The molecule has 2 aromatic rings. The molecule has 18 heavy (non-hydrogen) atoms. The van der Waals surface area contributed by atoms with Gasteiger partial charge in [0.15, 0.2) is 0 Å². The second kappa shape index (κ2) is 6.17. The highest BCUT2D eigenvalue weighted by Crippen LogP contribution is 2.27. The Hall–Kier alpha value is -1.12. The molecule has 0 atom stereocenters. The molecule has 1 nitrogen and oxygen atoms in total. The third kappa shape index (κ3) is 3.21. The number of thiophene rings is 1. The van der Waals surface area contributed by atoms with Crippen molar-refractivity contribution in [2.45, 2.75) is 33.2 Å². The predicted molar refractivity (Wildman–Crippen MR) is 83.2 cm³/mol. The summed E-state index contributed by atoms with van der Waals surface area (Å²) in [6.45, 7) is 7.58. The number of fused-ring (bicyclic) bond motifs is 1. The Kier molecular flexibility index (Phi) is 4.56. The second-order valence-electron chi connectivity index (χ2n) is 4.88. The van der Waals surface area contributed by atoms with Gasteiger partial charge >= 0.3 is 0 Å². The lowest BCUT2D eigenvalue weighted by molar-refractivity contribution is 0.617. The molecule has 0 radical (unpaired) electrons. The Bertz CT molecular complexity index is 537. The lowest BCUT2D eigenvalue weighted by Gasteiger charge is -2.10. The summed E-state index contributed by atoms with van der Waals surface area (Å²) in [5.74, 6) is 0. The van der Waals surface area contributed by atoms with Gasteiger partial charge < -0.3 is 5.32 Å². The van der Waals surface area contributed by atoms with Crippen LogP contribution in [0.1, 0.15) is 32.8 Å². The molecule has 2 heteroatoms. The van der Waals surface area contributed by atoms with Gasteiger partial charge in [-0.25, -0.2) is 0 Å². The van der Waals surface area contributed by atoms with Gasteiger partial charge in [-0.15, -0.1) is 11.3 Å². The molecule has 0 amide bonds. The van der Waals surface area contributed by atoms with Gasteiger partial charge in [0.2, 0.25) is 0 Å². The van der Waals surface area contributed by atoms with E-state index in [2.05, 4.69) is 61.8 Å². The van der Waals surface area contributed by atoms with Crippen molar-refractivity contribution < 1.29 is 0 Å². The van der Waals surface area contributed by atoms with Crippen molar-refractivity contribution in [2.24, 2.45) is 0 Å². The fraction of sp³-hybridized carbons (Fsp3) is 0.375. The fourth-order valence-electron chi connectivity index (χ4n) is 1.94. The first kappa shape index (κ1) is 13.3. The van der Waals surface area contributed by atoms with Crippen molar-refractivity contribution in [1.29, 1.82) is 0 Å². The van der Waals surface area contributed by atoms with Gasteiger partial charge in [-0.2, -0.15) is 0 Å². The molecule has 0 aliphatic heterocycles. The number of rotatable bonds is 5. The van der Waals surface area contributed by atoms with Crippen molar-refractivity contribution >= 4 is 27.5 Å². The molecule has 2 rings (SSSR count). The lowest BCUT2D eigenvalue weighted by Crippen LogP contribution is -2.24. The average Bonchev–Trinajstić information content (AvgIpc) is 2.77. The van der Waals surface area contributed by atoms with E-state index in [1.54, 1.807) is 0 Å². The third-order valence-corrected chi connectivity index (χ3v) is 4.04. The van der Waals surface area contributed by atoms with E-state index < -0.39 is 0 Å². The van der Waals surface area contributed by atoms with Crippen LogP contribution in [0, 0.1) is 0 Å². The van der Waals surface area contributed by atoms with Crippen LogP contribution in [-0.4, -0.2) is 12.6 Å². The van der Waals surface area contributed by atoms with Crippen LogP contribution in [0.4, 0.5) is 0 Å². The van der Waals surface area contributed by atoms with Crippen molar-refractivity contribution in [3.05, 3.63) is 40.8 Å². The van der Waals surface area contributed by atoms with Crippen LogP contribution in [0.25, 0.3) is 16.2 Å². The van der Waals surface area contributed by atoms with Crippen LogP contribution in [0.3, 0.4) is 0 Å². The minimum absolute atomic E-state index is 0.541. The van der Waals surface area contributed by atoms with Crippen molar-refractivity contribution in [3.63, 3.8) is 0 Å². The Morgan fingerprint density at radius 1 is 1.33 bits per heavy atom. The zero-order valence-electron chi connectivity index (χ0n) is 11.4.